The van der Waals surface area contributed by atoms with Crippen molar-refractivity contribution in [1.29, 1.82) is 0 Å². The van der Waals surface area contributed by atoms with E-state index in [1.54, 1.807) is 66.9 Å². The number of anilines is 1. The van der Waals surface area contributed by atoms with E-state index in [0.29, 0.717) is 33.9 Å². The molecule has 6 nitrogen and oxygen atoms in total. The van der Waals surface area contributed by atoms with Crippen molar-refractivity contribution < 1.29 is 22.6 Å². The van der Waals surface area contributed by atoms with Gasteiger partial charge in [0, 0.05) is 29.6 Å². The van der Waals surface area contributed by atoms with Crippen molar-refractivity contribution in [1.82, 2.24) is 9.46 Å². The molecular formula is C22H16BClF2N4O2. The number of carbonyl (C=O) groups excluding carboxylic acids is 1. The smallest absolute Gasteiger partial charge is 0.465 e. The largest absolute Gasteiger partial charge is 0.640 e. The molecule has 2 aliphatic heterocycles. The standard InChI is InChI=1S/C22H16BClF2N4O2/c1-32-22(31)15-7-5-14(6-8-15)21-16-9-11-18(24)29(16)23(25,26)30-17(21)10-12-20(30)28-19-4-2-3-13-27-19/h2-13H,1H3,(H,27,28). The van der Waals surface area contributed by atoms with Crippen molar-refractivity contribution in [2.24, 2.45) is 0 Å². The highest BCUT2D eigenvalue weighted by Crippen LogP contribution is 2.41. The lowest BCUT2D eigenvalue weighted by molar-refractivity contribution is -0.361. The third-order valence-corrected chi connectivity index (χ3v) is 5.74. The van der Waals surface area contributed by atoms with E-state index in [4.69, 9.17) is 16.3 Å². The number of halogens is 3. The van der Waals surface area contributed by atoms with Crippen molar-refractivity contribution in [2.45, 2.75) is 0 Å². The normalized spacial score (nSPS) is 16.1. The van der Waals surface area contributed by atoms with Gasteiger partial charge in [0.15, 0.2) is 0 Å². The number of benzene rings is 1. The third-order valence-electron chi connectivity index (χ3n) is 5.44. The Morgan fingerprint density at radius 2 is 1.91 bits per heavy atom. The van der Waals surface area contributed by atoms with Crippen LogP contribution in [0, 0.1) is 0 Å². The van der Waals surface area contributed by atoms with Crippen LogP contribution in [-0.2, 0) is 4.74 Å². The maximum atomic E-state index is 15.8. The zero-order valence-electron chi connectivity index (χ0n) is 16.8. The summed E-state index contributed by atoms with van der Waals surface area (Å²) in [7, 11) is 1.30. The van der Waals surface area contributed by atoms with Crippen LogP contribution in [0.1, 0.15) is 21.6 Å². The lowest BCUT2D eigenvalue weighted by Crippen LogP contribution is -2.52. The van der Waals surface area contributed by atoms with E-state index in [-0.39, 0.29) is 11.0 Å². The molecule has 0 saturated carbocycles. The SMILES string of the molecule is COC(=O)c1ccc(C2=C3C=CC(Nc4ccccn4)=[N+]3[B-](F)(F)n3c(Cl)ccc32)cc1. The van der Waals surface area contributed by atoms with Crippen LogP contribution in [0.3, 0.4) is 0 Å². The molecule has 0 saturated heterocycles. The molecule has 0 spiro atoms. The number of amidine groups is 1. The Bertz CT molecular complexity index is 1330. The third kappa shape index (κ3) is 3.05. The summed E-state index contributed by atoms with van der Waals surface area (Å²) in [5.74, 6) is 0.146. The van der Waals surface area contributed by atoms with Crippen LogP contribution < -0.4 is 5.32 Å². The van der Waals surface area contributed by atoms with Crippen LogP contribution >= 0.6 is 11.6 Å². The summed E-state index contributed by atoms with van der Waals surface area (Å²) in [4.78, 5) is 16.0. The molecule has 0 aliphatic carbocycles. The van der Waals surface area contributed by atoms with Gasteiger partial charge in [-0.25, -0.2) is 15.1 Å². The van der Waals surface area contributed by atoms with Crippen molar-refractivity contribution in [3.05, 3.63) is 101 Å². The number of hydrogen-bond acceptors (Lipinski definition) is 4. The molecule has 0 atom stereocenters. The predicted molar refractivity (Wildman–Crippen MR) is 119 cm³/mol. The number of esters is 1. The van der Waals surface area contributed by atoms with Crippen LogP contribution in [0.5, 0.6) is 0 Å². The van der Waals surface area contributed by atoms with E-state index in [0.717, 1.165) is 8.96 Å². The van der Waals surface area contributed by atoms with Gasteiger partial charge >= 0.3 is 12.9 Å². The number of nitrogens with one attached hydrogen (secondary N) is 1. The van der Waals surface area contributed by atoms with Gasteiger partial charge < -0.3 is 22.3 Å². The molecule has 1 N–H and O–H groups in total. The van der Waals surface area contributed by atoms with E-state index < -0.39 is 12.9 Å². The van der Waals surface area contributed by atoms with E-state index in [1.807, 2.05) is 0 Å². The number of allylic oxidation sites excluding steroid dienone is 1. The molecule has 160 valence electrons. The molecule has 0 unspecified atom stereocenters. The van der Waals surface area contributed by atoms with Gasteiger partial charge in [-0.15, -0.1) is 0 Å². The first-order valence-electron chi connectivity index (χ1n) is 9.77. The molecule has 0 amide bonds. The van der Waals surface area contributed by atoms with Crippen LogP contribution in [0.4, 0.5) is 14.4 Å². The van der Waals surface area contributed by atoms with Gasteiger partial charge in [0.2, 0.25) is 11.7 Å². The Balaban J connectivity index is 1.71. The monoisotopic (exact) mass is 452 g/mol. The van der Waals surface area contributed by atoms with Crippen molar-refractivity contribution in [3.63, 3.8) is 0 Å². The summed E-state index contributed by atoms with van der Waals surface area (Å²) < 4.78 is 38.1. The van der Waals surface area contributed by atoms with Gasteiger partial charge in [-0.2, -0.15) is 0 Å². The Kier molecular flexibility index (Phi) is 4.71. The number of hydrogen-bond donors (Lipinski definition) is 1. The number of aromatic nitrogens is 2. The second-order valence-electron chi connectivity index (χ2n) is 7.26. The number of pyridine rings is 1. The predicted octanol–water partition coefficient (Wildman–Crippen LogP) is 4.41. The van der Waals surface area contributed by atoms with Crippen LogP contribution in [-0.4, -0.2) is 39.8 Å². The zero-order valence-corrected chi connectivity index (χ0v) is 17.6. The fourth-order valence-electron chi connectivity index (χ4n) is 4.03. The minimum absolute atomic E-state index is 0.0724. The van der Waals surface area contributed by atoms with E-state index in [9.17, 15) is 4.79 Å². The molecule has 0 bridgehead atoms. The van der Waals surface area contributed by atoms with Crippen LogP contribution in [0.25, 0.3) is 5.57 Å². The minimum atomic E-state index is -4.28. The number of fused-ring (bicyclic) bond motifs is 2. The maximum Gasteiger partial charge on any atom is 0.640 e. The molecule has 1 aromatic carbocycles. The summed E-state index contributed by atoms with van der Waals surface area (Å²) in [5.41, 5.74) is 2.20. The lowest BCUT2D eigenvalue weighted by atomic mass is 9.86. The number of ether oxygens (including phenoxy) is 1. The Labute approximate surface area is 187 Å². The first kappa shape index (κ1) is 20.2. The fourth-order valence-corrected chi connectivity index (χ4v) is 4.30. The molecule has 3 aromatic rings. The summed E-state index contributed by atoms with van der Waals surface area (Å²) >= 11 is 6.20. The number of nitrogens with zero attached hydrogens (tertiary/aromatic N) is 3. The van der Waals surface area contributed by atoms with Crippen molar-refractivity contribution >= 4 is 41.8 Å². The van der Waals surface area contributed by atoms with Gasteiger partial charge in [-0.1, -0.05) is 29.8 Å². The van der Waals surface area contributed by atoms with Crippen LogP contribution in [0.2, 0.25) is 5.15 Å². The molecule has 2 aromatic heterocycles. The summed E-state index contributed by atoms with van der Waals surface area (Å²) in [5, 5.41) is 2.90. The molecule has 4 heterocycles. The molecule has 2 aliphatic rings. The highest BCUT2D eigenvalue weighted by molar-refractivity contribution is 6.59. The molecule has 0 fully saturated rings. The quantitative estimate of drug-likeness (QED) is 0.472. The van der Waals surface area contributed by atoms with Gasteiger partial charge in [-0.3, -0.25) is 0 Å². The molecule has 10 heteroatoms. The minimum Gasteiger partial charge on any atom is -0.465 e. The first-order chi connectivity index (χ1) is 15.4. The second kappa shape index (κ2) is 7.46. The Hall–Kier alpha value is -3.72. The van der Waals surface area contributed by atoms with Crippen molar-refractivity contribution in [3.8, 4) is 0 Å². The Morgan fingerprint density at radius 1 is 1.12 bits per heavy atom. The maximum absolute atomic E-state index is 15.8. The Morgan fingerprint density at radius 3 is 2.59 bits per heavy atom. The van der Waals surface area contributed by atoms with Gasteiger partial charge in [0.05, 0.1) is 23.5 Å². The topological polar surface area (TPSA) is 59.2 Å². The first-order valence-corrected chi connectivity index (χ1v) is 10.1. The summed E-state index contributed by atoms with van der Waals surface area (Å²) in [6.07, 6.45) is 4.80. The zero-order chi connectivity index (χ0) is 22.5. The molecular weight excluding hydrogens is 437 g/mol. The van der Waals surface area contributed by atoms with Gasteiger partial charge in [0.1, 0.15) is 0 Å². The van der Waals surface area contributed by atoms with Gasteiger partial charge in [0.25, 0.3) is 0 Å². The molecule has 32 heavy (non-hydrogen) atoms. The van der Waals surface area contributed by atoms with E-state index in [1.165, 1.54) is 13.2 Å². The van der Waals surface area contributed by atoms with Gasteiger partial charge in [-0.05, 0) is 42.0 Å². The summed E-state index contributed by atoms with van der Waals surface area (Å²) in [6.45, 7) is -4.28. The van der Waals surface area contributed by atoms with Crippen molar-refractivity contribution in [2.75, 3.05) is 12.4 Å². The fraction of sp³-hybridized carbons (Fsp3) is 0.0455. The number of carbonyl (C=O) groups is 1. The number of methoxy groups -OCH3 is 1. The average molecular weight is 453 g/mol. The van der Waals surface area contributed by atoms with E-state index >= 15 is 8.63 Å². The number of rotatable bonds is 3. The molecule has 0 radical (unpaired) electrons. The lowest BCUT2D eigenvalue weighted by Gasteiger charge is -2.36. The van der Waals surface area contributed by atoms with Crippen LogP contribution in [0.15, 0.2) is 78.6 Å². The highest BCUT2D eigenvalue weighted by Gasteiger charge is 2.49. The van der Waals surface area contributed by atoms with E-state index in [2.05, 4.69) is 10.3 Å². The second-order valence-corrected chi connectivity index (χ2v) is 7.64. The molecule has 5 rings (SSSR count). The summed E-state index contributed by atoms with van der Waals surface area (Å²) in [6, 6.07) is 14.8. The highest BCUT2D eigenvalue weighted by atomic mass is 35.5. The average Bonchev–Trinajstić information content (AvgIpc) is 3.39.